The van der Waals surface area contributed by atoms with E-state index in [0.29, 0.717) is 29.5 Å². The number of benzene rings is 1. The summed E-state index contributed by atoms with van der Waals surface area (Å²) in [5.41, 5.74) is 0.753. The standard InChI is InChI=1S/C14H15ClN2O/c1-9-6-14(7-9,8-16)13(18)17-11-4-3-10(2)12(15)5-11/h3-5,9H,6-7H2,1-2H3,(H,17,18). The maximum Gasteiger partial charge on any atom is 0.244 e. The van der Waals surface area contributed by atoms with Gasteiger partial charge in [0.15, 0.2) is 0 Å². The average Bonchev–Trinajstić information content (AvgIpc) is 2.29. The van der Waals surface area contributed by atoms with Crippen LogP contribution in [-0.4, -0.2) is 5.91 Å². The lowest BCUT2D eigenvalue weighted by Gasteiger charge is -2.39. The summed E-state index contributed by atoms with van der Waals surface area (Å²) in [5.74, 6) is 0.222. The zero-order valence-electron chi connectivity index (χ0n) is 10.5. The summed E-state index contributed by atoms with van der Waals surface area (Å²) in [6, 6.07) is 7.50. The molecule has 1 N–H and O–H groups in total. The molecule has 2 rings (SSSR count). The Morgan fingerprint density at radius 1 is 1.56 bits per heavy atom. The molecule has 0 spiro atoms. The molecule has 1 aliphatic rings. The van der Waals surface area contributed by atoms with Gasteiger partial charge in [-0.25, -0.2) is 0 Å². The van der Waals surface area contributed by atoms with Crippen LogP contribution in [0, 0.1) is 29.6 Å². The zero-order valence-corrected chi connectivity index (χ0v) is 11.2. The first-order valence-electron chi connectivity index (χ1n) is 5.96. The molecule has 0 radical (unpaired) electrons. The van der Waals surface area contributed by atoms with E-state index in [0.717, 1.165) is 5.56 Å². The van der Waals surface area contributed by atoms with E-state index in [4.69, 9.17) is 16.9 Å². The quantitative estimate of drug-likeness (QED) is 0.886. The van der Waals surface area contributed by atoms with Gasteiger partial charge < -0.3 is 5.32 Å². The molecular formula is C14H15ClN2O. The number of rotatable bonds is 2. The summed E-state index contributed by atoms with van der Waals surface area (Å²) in [7, 11) is 0. The fraction of sp³-hybridized carbons (Fsp3) is 0.429. The van der Waals surface area contributed by atoms with Gasteiger partial charge in [-0.2, -0.15) is 5.26 Å². The lowest BCUT2D eigenvalue weighted by molar-refractivity contribution is -0.128. The Morgan fingerprint density at radius 2 is 2.22 bits per heavy atom. The first-order chi connectivity index (χ1) is 8.47. The van der Waals surface area contributed by atoms with Gasteiger partial charge in [0.2, 0.25) is 5.91 Å². The monoisotopic (exact) mass is 262 g/mol. The molecule has 18 heavy (non-hydrogen) atoms. The molecule has 0 saturated heterocycles. The lowest BCUT2D eigenvalue weighted by Crippen LogP contribution is -2.45. The summed E-state index contributed by atoms with van der Waals surface area (Å²) in [6.07, 6.45) is 1.27. The van der Waals surface area contributed by atoms with Crippen LogP contribution in [0.5, 0.6) is 0 Å². The number of carbonyl (C=O) groups excluding carboxylic acids is 1. The van der Waals surface area contributed by atoms with Crippen molar-refractivity contribution in [2.45, 2.75) is 26.7 Å². The molecule has 0 bridgehead atoms. The number of hydrogen-bond donors (Lipinski definition) is 1. The van der Waals surface area contributed by atoms with E-state index in [9.17, 15) is 4.79 Å². The molecule has 0 aliphatic heterocycles. The molecule has 1 amide bonds. The predicted molar refractivity (Wildman–Crippen MR) is 71.3 cm³/mol. The Kier molecular flexibility index (Phi) is 3.32. The zero-order chi connectivity index (χ0) is 13.3. The van der Waals surface area contributed by atoms with Crippen LogP contribution in [0.3, 0.4) is 0 Å². The first kappa shape index (κ1) is 12.9. The number of anilines is 1. The topological polar surface area (TPSA) is 52.9 Å². The second kappa shape index (κ2) is 4.62. The molecule has 3 nitrogen and oxygen atoms in total. The average molecular weight is 263 g/mol. The van der Waals surface area contributed by atoms with Crippen LogP contribution in [0.4, 0.5) is 5.69 Å². The van der Waals surface area contributed by atoms with Crippen molar-refractivity contribution in [3.8, 4) is 6.07 Å². The molecule has 4 heteroatoms. The number of halogens is 1. The molecule has 1 aliphatic carbocycles. The lowest BCUT2D eigenvalue weighted by atomic mass is 9.63. The summed E-state index contributed by atoms with van der Waals surface area (Å²) in [6.45, 7) is 3.95. The van der Waals surface area contributed by atoms with E-state index in [1.54, 1.807) is 12.1 Å². The van der Waals surface area contributed by atoms with Crippen LogP contribution in [0.1, 0.15) is 25.3 Å². The van der Waals surface area contributed by atoms with Crippen LogP contribution in [-0.2, 0) is 4.79 Å². The van der Waals surface area contributed by atoms with Crippen molar-refractivity contribution in [2.75, 3.05) is 5.32 Å². The number of amides is 1. The Bertz CT molecular complexity index is 527. The third-order valence-electron chi connectivity index (χ3n) is 3.47. The van der Waals surface area contributed by atoms with Gasteiger partial charge >= 0.3 is 0 Å². The highest BCUT2D eigenvalue weighted by molar-refractivity contribution is 6.31. The van der Waals surface area contributed by atoms with Gasteiger partial charge in [0, 0.05) is 10.7 Å². The third-order valence-corrected chi connectivity index (χ3v) is 3.88. The Labute approximate surface area is 112 Å². The minimum Gasteiger partial charge on any atom is -0.325 e. The van der Waals surface area contributed by atoms with Crippen molar-refractivity contribution in [3.63, 3.8) is 0 Å². The summed E-state index contributed by atoms with van der Waals surface area (Å²) in [4.78, 5) is 12.1. The van der Waals surface area contributed by atoms with Gasteiger partial charge in [0.25, 0.3) is 0 Å². The Morgan fingerprint density at radius 3 is 2.72 bits per heavy atom. The number of carbonyl (C=O) groups is 1. The van der Waals surface area contributed by atoms with Crippen molar-refractivity contribution >= 4 is 23.2 Å². The normalized spacial score (nSPS) is 26.0. The number of nitrogens with one attached hydrogen (secondary N) is 1. The van der Waals surface area contributed by atoms with Gasteiger partial charge in [-0.3, -0.25) is 4.79 Å². The van der Waals surface area contributed by atoms with E-state index < -0.39 is 5.41 Å². The molecule has 1 aromatic rings. The molecule has 0 aromatic heterocycles. The van der Waals surface area contributed by atoms with Gasteiger partial charge in [-0.15, -0.1) is 0 Å². The molecule has 0 unspecified atom stereocenters. The molecule has 94 valence electrons. The number of aryl methyl sites for hydroxylation is 1. The second-order valence-corrected chi connectivity index (χ2v) is 5.53. The predicted octanol–water partition coefficient (Wildman–Crippen LogP) is 3.53. The van der Waals surface area contributed by atoms with E-state index >= 15 is 0 Å². The van der Waals surface area contributed by atoms with Crippen LogP contribution >= 0.6 is 11.6 Å². The van der Waals surface area contributed by atoms with Gasteiger partial charge in [-0.1, -0.05) is 24.6 Å². The van der Waals surface area contributed by atoms with Crippen molar-refractivity contribution < 1.29 is 4.79 Å². The van der Waals surface area contributed by atoms with Crippen molar-refractivity contribution in [1.82, 2.24) is 0 Å². The van der Waals surface area contributed by atoms with E-state index in [1.165, 1.54) is 0 Å². The maximum atomic E-state index is 12.1. The van der Waals surface area contributed by atoms with Gasteiger partial charge in [0.05, 0.1) is 6.07 Å². The number of nitriles is 1. The SMILES string of the molecule is Cc1ccc(NC(=O)C2(C#N)CC(C)C2)cc1Cl. The van der Waals surface area contributed by atoms with Gasteiger partial charge in [-0.05, 0) is 43.4 Å². The minimum atomic E-state index is -0.850. The van der Waals surface area contributed by atoms with E-state index in [1.807, 2.05) is 19.9 Å². The minimum absolute atomic E-state index is 0.219. The molecule has 1 saturated carbocycles. The smallest absolute Gasteiger partial charge is 0.244 e. The summed E-state index contributed by atoms with van der Waals surface area (Å²) >= 11 is 6.00. The highest BCUT2D eigenvalue weighted by atomic mass is 35.5. The molecule has 1 aromatic carbocycles. The fourth-order valence-corrected chi connectivity index (χ4v) is 2.56. The van der Waals surface area contributed by atoms with Gasteiger partial charge in [0.1, 0.15) is 5.41 Å². The summed E-state index contributed by atoms with van der Waals surface area (Å²) < 4.78 is 0. The largest absolute Gasteiger partial charge is 0.325 e. The summed E-state index contributed by atoms with van der Waals surface area (Å²) in [5, 5.41) is 12.6. The molecule has 0 heterocycles. The second-order valence-electron chi connectivity index (χ2n) is 5.13. The van der Waals surface area contributed by atoms with Crippen molar-refractivity contribution in [3.05, 3.63) is 28.8 Å². The van der Waals surface area contributed by atoms with Crippen LogP contribution < -0.4 is 5.32 Å². The number of nitrogens with zero attached hydrogens (tertiary/aromatic N) is 1. The molecular weight excluding hydrogens is 248 g/mol. The highest BCUT2D eigenvalue weighted by Gasteiger charge is 2.48. The van der Waals surface area contributed by atoms with Crippen LogP contribution in [0.15, 0.2) is 18.2 Å². The Balaban J connectivity index is 2.12. The highest BCUT2D eigenvalue weighted by Crippen LogP contribution is 2.45. The maximum absolute atomic E-state index is 12.1. The Hall–Kier alpha value is -1.53. The van der Waals surface area contributed by atoms with E-state index in [-0.39, 0.29) is 5.91 Å². The van der Waals surface area contributed by atoms with Crippen LogP contribution in [0.25, 0.3) is 0 Å². The van der Waals surface area contributed by atoms with E-state index in [2.05, 4.69) is 11.4 Å². The third kappa shape index (κ3) is 2.21. The van der Waals surface area contributed by atoms with Crippen molar-refractivity contribution in [1.29, 1.82) is 5.26 Å². The van der Waals surface area contributed by atoms with Crippen LogP contribution in [0.2, 0.25) is 5.02 Å². The molecule has 0 atom stereocenters. The van der Waals surface area contributed by atoms with Crippen molar-refractivity contribution in [2.24, 2.45) is 11.3 Å². The number of hydrogen-bond acceptors (Lipinski definition) is 2. The first-order valence-corrected chi connectivity index (χ1v) is 6.33. The fourth-order valence-electron chi connectivity index (χ4n) is 2.38. The molecule has 1 fully saturated rings.